The van der Waals surface area contributed by atoms with Gasteiger partial charge in [-0.25, -0.2) is 0 Å². The molecule has 0 aliphatic heterocycles. The molecule has 0 saturated carbocycles. The van der Waals surface area contributed by atoms with E-state index in [0.29, 0.717) is 0 Å². The molecule has 0 amide bonds. The Morgan fingerprint density at radius 3 is 1.55 bits per heavy atom. The Kier molecular flexibility index (Phi) is 7.84. The van der Waals surface area contributed by atoms with E-state index in [-0.39, 0.29) is 14.5 Å². The molecule has 0 aliphatic carbocycles. The molecule has 3 nitrogen and oxygen atoms in total. The van der Waals surface area contributed by atoms with Gasteiger partial charge in [-0.3, -0.25) is 0 Å². The quantitative estimate of drug-likeness (QED) is 0.149. The second-order valence-electron chi connectivity index (χ2n) is 14.2. The van der Waals surface area contributed by atoms with E-state index in [9.17, 15) is 0 Å². The molecule has 2 aromatic heterocycles. The number of hydrogen-bond acceptors (Lipinski definition) is 2. The van der Waals surface area contributed by atoms with Gasteiger partial charge in [0.15, 0.2) is 0 Å². The maximum absolute atomic E-state index is 2.41. The summed E-state index contributed by atoms with van der Waals surface area (Å²) in [7, 11) is 0. The molecule has 9 aromatic carbocycles. The summed E-state index contributed by atoms with van der Waals surface area (Å²) in [6, 6.07) is 77.2. The van der Waals surface area contributed by atoms with Crippen LogP contribution in [0.1, 0.15) is 0 Å². The molecule has 0 radical (unpaired) electrons. The first-order valence-corrected chi connectivity index (χ1v) is 20.7. The summed E-state index contributed by atoms with van der Waals surface area (Å²) in [6.45, 7) is 0. The van der Waals surface area contributed by atoms with E-state index in [1.54, 1.807) is 0 Å². The predicted octanol–water partition coefficient (Wildman–Crippen LogP) is 14.2. The summed E-state index contributed by atoms with van der Waals surface area (Å²) >= 11 is 0.256. The van der Waals surface area contributed by atoms with E-state index in [1.807, 2.05) is 0 Å². The number of aromatic nitrogens is 1. The Hall–Kier alpha value is -6.84. The fraction of sp³-hybridized carbons (Fsp3) is 0. The number of benzene rings is 9. The van der Waals surface area contributed by atoms with Crippen molar-refractivity contribution in [2.24, 2.45) is 0 Å². The summed E-state index contributed by atoms with van der Waals surface area (Å²) in [5.41, 5.74) is 10.2. The molecule has 0 aliphatic rings. The van der Waals surface area contributed by atoms with E-state index in [0.717, 1.165) is 39.8 Å². The van der Waals surface area contributed by atoms with Gasteiger partial charge in [-0.05, 0) is 18.2 Å². The monoisotopic (exact) mass is 781 g/mol. The molecule has 0 spiro atoms. The van der Waals surface area contributed by atoms with Crippen molar-refractivity contribution >= 4 is 100 Å². The first kappa shape index (κ1) is 32.6. The maximum atomic E-state index is 2.41. The van der Waals surface area contributed by atoms with Crippen molar-refractivity contribution in [1.82, 2.24) is 4.57 Å². The summed E-state index contributed by atoms with van der Waals surface area (Å²) in [6.07, 6.45) is 0. The summed E-state index contributed by atoms with van der Waals surface area (Å²) in [5.74, 6) is 0. The van der Waals surface area contributed by atoms with E-state index in [2.05, 4.69) is 227 Å². The van der Waals surface area contributed by atoms with Gasteiger partial charge < -0.3 is 4.57 Å². The van der Waals surface area contributed by atoms with Gasteiger partial charge in [0.2, 0.25) is 0 Å². The molecule has 0 saturated heterocycles. The van der Waals surface area contributed by atoms with E-state index in [4.69, 9.17) is 0 Å². The Morgan fingerprint density at radius 1 is 0.321 bits per heavy atom. The van der Waals surface area contributed by atoms with Crippen LogP contribution in [-0.4, -0.2) is 19.1 Å². The third kappa shape index (κ3) is 5.42. The van der Waals surface area contributed by atoms with Crippen molar-refractivity contribution in [2.75, 3.05) is 9.80 Å². The molecule has 264 valence electrons. The fourth-order valence-corrected chi connectivity index (χ4v) is 11.0. The zero-order chi connectivity index (χ0) is 37.0. The van der Waals surface area contributed by atoms with Gasteiger partial charge in [-0.15, -0.1) is 0 Å². The Bertz CT molecular complexity index is 3200. The number of anilines is 6. The topological polar surface area (TPSA) is 11.4 Å². The molecule has 2 heterocycles. The van der Waals surface area contributed by atoms with Crippen molar-refractivity contribution in [1.29, 1.82) is 0 Å². The number of nitrogens with zero attached hydrogens (tertiary/aromatic N) is 3. The van der Waals surface area contributed by atoms with Crippen molar-refractivity contribution in [3.05, 3.63) is 212 Å². The predicted molar refractivity (Wildman–Crippen MR) is 240 cm³/mol. The zero-order valence-corrected chi connectivity index (χ0v) is 32.2. The first-order valence-electron chi connectivity index (χ1n) is 19.0. The summed E-state index contributed by atoms with van der Waals surface area (Å²) < 4.78 is 5.31. The van der Waals surface area contributed by atoms with Crippen LogP contribution in [0.3, 0.4) is 0 Å². The Labute approximate surface area is 331 Å². The molecule has 0 atom stereocenters. The van der Waals surface area contributed by atoms with Crippen LogP contribution in [-0.2, 0) is 0 Å². The molecule has 11 aromatic rings. The van der Waals surface area contributed by atoms with E-state index >= 15 is 0 Å². The number of rotatable bonds is 7. The van der Waals surface area contributed by atoms with Crippen LogP contribution >= 0.6 is 0 Å². The van der Waals surface area contributed by atoms with Crippen molar-refractivity contribution < 1.29 is 0 Å². The molecule has 0 unspecified atom stereocenters. The van der Waals surface area contributed by atoms with Crippen molar-refractivity contribution in [3.8, 4) is 5.69 Å². The van der Waals surface area contributed by atoms with Crippen LogP contribution in [0.5, 0.6) is 0 Å². The van der Waals surface area contributed by atoms with Crippen LogP contribution in [0, 0.1) is 0 Å². The van der Waals surface area contributed by atoms with Gasteiger partial charge in [0.25, 0.3) is 0 Å². The zero-order valence-electron chi connectivity index (χ0n) is 30.5. The minimum atomic E-state index is 0.256. The van der Waals surface area contributed by atoms with Crippen LogP contribution in [0.4, 0.5) is 34.1 Å². The van der Waals surface area contributed by atoms with Gasteiger partial charge in [0, 0.05) is 11.1 Å². The van der Waals surface area contributed by atoms with Crippen molar-refractivity contribution in [3.63, 3.8) is 0 Å². The van der Waals surface area contributed by atoms with Gasteiger partial charge in [0.1, 0.15) is 0 Å². The van der Waals surface area contributed by atoms with E-state index < -0.39 is 0 Å². The second kappa shape index (κ2) is 13.5. The fourth-order valence-electron chi connectivity index (χ4n) is 8.40. The molecular weight excluding hydrogens is 746 g/mol. The van der Waals surface area contributed by atoms with Gasteiger partial charge in [0.05, 0.1) is 11.0 Å². The standard InChI is InChI=1S/C52H35N3Se/c1-4-15-37(16-5-1)53(42-29-27-36-28-31-46-45-24-11-13-26-51(45)56-52(46)47(36)34-42)40-21-14-22-41(33-40)54(38-17-6-2-7-18-38)43-30-32-50-48(35-43)44-23-10-12-25-49(44)55(50)39-19-8-3-9-20-39/h1-35H. The molecule has 0 bridgehead atoms. The second-order valence-corrected chi connectivity index (χ2v) is 16.4. The van der Waals surface area contributed by atoms with Crippen molar-refractivity contribution in [2.45, 2.75) is 0 Å². The van der Waals surface area contributed by atoms with E-state index in [1.165, 1.54) is 51.9 Å². The summed E-state index contributed by atoms with van der Waals surface area (Å²) in [4.78, 5) is 4.78. The molecule has 0 N–H and O–H groups in total. The van der Waals surface area contributed by atoms with Gasteiger partial charge in [-0.1, -0.05) is 42.5 Å². The summed E-state index contributed by atoms with van der Waals surface area (Å²) in [5, 5.41) is 7.83. The normalized spacial score (nSPS) is 11.6. The SMILES string of the molecule is c1ccc(N(c2cccc(N(c3ccccc3)c3ccc4c(c3)c3ccccc3n4-c3ccccc3)c2)c2ccc3ccc4c5ccccc5[se]c4c3c2)cc1. The molecule has 11 rings (SSSR count). The number of fused-ring (bicyclic) bond motifs is 8. The number of hydrogen-bond donors (Lipinski definition) is 0. The molecule has 56 heavy (non-hydrogen) atoms. The first-order chi connectivity index (χ1) is 27.8. The number of para-hydroxylation sites is 4. The third-order valence-electron chi connectivity index (χ3n) is 10.9. The van der Waals surface area contributed by atoms with Gasteiger partial charge >= 0.3 is 246 Å². The molecule has 0 fully saturated rings. The van der Waals surface area contributed by atoms with Crippen LogP contribution in [0.2, 0.25) is 0 Å². The van der Waals surface area contributed by atoms with Crippen LogP contribution in [0.15, 0.2) is 212 Å². The van der Waals surface area contributed by atoms with Crippen LogP contribution in [0.25, 0.3) is 57.6 Å². The third-order valence-corrected chi connectivity index (χ3v) is 13.5. The van der Waals surface area contributed by atoms with Crippen LogP contribution < -0.4 is 9.80 Å². The average molecular weight is 781 g/mol. The Balaban J connectivity index is 1.09. The average Bonchev–Trinajstić information content (AvgIpc) is 3.81. The van der Waals surface area contributed by atoms with Gasteiger partial charge in [-0.2, -0.15) is 0 Å². The molecular formula is C52H35N3Se. The molecule has 4 heteroatoms. The Morgan fingerprint density at radius 2 is 0.839 bits per heavy atom. The minimum absolute atomic E-state index is 0.256.